The largest absolute Gasteiger partial charge is 0.510 e. The summed E-state index contributed by atoms with van der Waals surface area (Å²) < 4.78 is 0. The number of ketones is 3. The van der Waals surface area contributed by atoms with Crippen LogP contribution in [0.1, 0.15) is 81.6 Å². The van der Waals surface area contributed by atoms with Gasteiger partial charge in [0.1, 0.15) is 11.3 Å². The summed E-state index contributed by atoms with van der Waals surface area (Å²) >= 11 is 0. The molecule has 1 fully saturated rings. The lowest BCUT2D eigenvalue weighted by Crippen LogP contribution is -2.66. The van der Waals surface area contributed by atoms with Gasteiger partial charge in [0, 0.05) is 5.92 Å². The topological polar surface area (TPSA) is 71.4 Å². The van der Waals surface area contributed by atoms with Crippen molar-refractivity contribution in [1.29, 1.82) is 0 Å². The van der Waals surface area contributed by atoms with E-state index in [4.69, 9.17) is 0 Å². The Balaban J connectivity index is 2.86. The molecule has 0 spiro atoms. The molecule has 4 nitrogen and oxygen atoms in total. The van der Waals surface area contributed by atoms with E-state index in [0.29, 0.717) is 12.8 Å². The van der Waals surface area contributed by atoms with E-state index in [1.54, 1.807) is 20.8 Å². The molecule has 4 heteroatoms. The van der Waals surface area contributed by atoms with Crippen LogP contribution in [0.4, 0.5) is 0 Å². The van der Waals surface area contributed by atoms with Gasteiger partial charge in [-0.2, -0.15) is 0 Å². The average molecular weight is 415 g/mol. The third-order valence-electron chi connectivity index (χ3n) is 7.60. The van der Waals surface area contributed by atoms with E-state index >= 15 is 0 Å². The molecule has 2 aliphatic rings. The van der Waals surface area contributed by atoms with E-state index < -0.39 is 27.9 Å². The smallest absolute Gasteiger partial charge is 0.183 e. The van der Waals surface area contributed by atoms with Crippen molar-refractivity contribution < 1.29 is 19.5 Å². The maximum Gasteiger partial charge on any atom is 0.183 e. The second-order valence-corrected chi connectivity index (χ2v) is 10.7. The van der Waals surface area contributed by atoms with E-state index in [1.165, 1.54) is 5.57 Å². The number of hydrogen-bond donors (Lipinski definition) is 1. The standard InChI is InChI=1S/C26H38O4/c1-15(2)10-11-18-14-26(13-12-16(3)4)22(29)19(20(27)17(5)6)21(28)25(9,23(26)30)24(18,7)8/h10,12,17-18,29H,11,13-14H2,1-9H3/t18-,25+,26-/m1/s1. The van der Waals surface area contributed by atoms with Gasteiger partial charge in [0.05, 0.1) is 10.8 Å². The van der Waals surface area contributed by atoms with Crippen LogP contribution in [0, 0.1) is 28.1 Å². The number of Topliss-reactive ketones (excluding diaryl/α,β-unsaturated/α-hetero) is 3. The van der Waals surface area contributed by atoms with Crippen LogP contribution < -0.4 is 0 Å². The van der Waals surface area contributed by atoms with Gasteiger partial charge in [-0.25, -0.2) is 0 Å². The predicted molar refractivity (Wildman–Crippen MR) is 120 cm³/mol. The van der Waals surface area contributed by atoms with Gasteiger partial charge in [-0.1, -0.05) is 51.0 Å². The number of hydrogen-bond acceptors (Lipinski definition) is 4. The molecule has 0 aromatic rings. The molecule has 0 radical (unpaired) electrons. The van der Waals surface area contributed by atoms with Crippen molar-refractivity contribution >= 4 is 17.3 Å². The molecule has 0 aliphatic heterocycles. The van der Waals surface area contributed by atoms with Crippen LogP contribution in [-0.4, -0.2) is 22.5 Å². The molecule has 1 N–H and O–H groups in total. The van der Waals surface area contributed by atoms with Crippen LogP contribution in [-0.2, 0) is 14.4 Å². The fourth-order valence-electron chi connectivity index (χ4n) is 5.07. The van der Waals surface area contributed by atoms with Crippen LogP contribution in [0.15, 0.2) is 34.6 Å². The van der Waals surface area contributed by atoms with E-state index in [0.717, 1.165) is 12.0 Å². The molecule has 0 aromatic carbocycles. The first-order valence-corrected chi connectivity index (χ1v) is 11.0. The number of aliphatic hydroxyl groups is 1. The zero-order chi connectivity index (χ0) is 23.2. The Labute approximate surface area is 181 Å². The Morgan fingerprint density at radius 2 is 1.60 bits per heavy atom. The van der Waals surface area contributed by atoms with E-state index in [9.17, 15) is 19.5 Å². The monoisotopic (exact) mass is 414 g/mol. The number of carbonyl (C=O) groups is 3. The van der Waals surface area contributed by atoms with Gasteiger partial charge in [-0.05, 0) is 65.2 Å². The fraction of sp³-hybridized carbons (Fsp3) is 0.654. The molecule has 1 saturated carbocycles. The van der Waals surface area contributed by atoms with Crippen molar-refractivity contribution in [3.05, 3.63) is 34.6 Å². The molecule has 0 heterocycles. The highest BCUT2D eigenvalue weighted by Gasteiger charge is 2.70. The highest BCUT2D eigenvalue weighted by molar-refractivity contribution is 6.31. The van der Waals surface area contributed by atoms with Crippen molar-refractivity contribution in [2.75, 3.05) is 0 Å². The molecular formula is C26H38O4. The summed E-state index contributed by atoms with van der Waals surface area (Å²) in [5, 5.41) is 11.4. The lowest BCUT2D eigenvalue weighted by Gasteiger charge is -2.59. The molecule has 0 unspecified atom stereocenters. The minimum atomic E-state index is -1.35. The van der Waals surface area contributed by atoms with E-state index in [-0.39, 0.29) is 28.8 Å². The van der Waals surface area contributed by atoms with Gasteiger partial charge in [0.2, 0.25) is 0 Å². The zero-order valence-electron chi connectivity index (χ0n) is 20.1. The highest BCUT2D eigenvalue weighted by atomic mass is 16.3. The quantitative estimate of drug-likeness (QED) is 0.332. The first-order valence-electron chi connectivity index (χ1n) is 11.0. The first-order chi connectivity index (χ1) is 13.6. The Hall–Kier alpha value is -1.97. The molecule has 2 rings (SSSR count). The molecule has 166 valence electrons. The third kappa shape index (κ3) is 3.42. The summed E-state index contributed by atoms with van der Waals surface area (Å²) in [6.07, 6.45) is 5.54. The molecule has 0 aromatic heterocycles. The van der Waals surface area contributed by atoms with Crippen molar-refractivity contribution in [3.63, 3.8) is 0 Å². The molecule has 2 aliphatic carbocycles. The van der Waals surface area contributed by atoms with E-state index in [2.05, 4.69) is 6.08 Å². The van der Waals surface area contributed by atoms with Gasteiger partial charge < -0.3 is 5.11 Å². The SMILES string of the molecule is CC(C)=CC[C@@H]1C[C@@]2(CC=C(C)C)C(=O)[C@](C)(C(=O)C(C(=O)C(C)C)=C2O)C1(C)C. The Kier molecular flexibility index (Phi) is 6.43. The summed E-state index contributed by atoms with van der Waals surface area (Å²) in [6, 6.07) is 0. The van der Waals surface area contributed by atoms with Gasteiger partial charge in [0.15, 0.2) is 17.3 Å². The van der Waals surface area contributed by atoms with Crippen molar-refractivity contribution in [3.8, 4) is 0 Å². The Morgan fingerprint density at radius 1 is 1.07 bits per heavy atom. The van der Waals surface area contributed by atoms with Crippen LogP contribution in [0.25, 0.3) is 0 Å². The summed E-state index contributed by atoms with van der Waals surface area (Å²) in [5.74, 6) is -1.85. The van der Waals surface area contributed by atoms with Gasteiger partial charge in [0.25, 0.3) is 0 Å². The van der Waals surface area contributed by atoms with Crippen LogP contribution in [0.2, 0.25) is 0 Å². The third-order valence-corrected chi connectivity index (χ3v) is 7.60. The van der Waals surface area contributed by atoms with E-state index in [1.807, 2.05) is 47.6 Å². The van der Waals surface area contributed by atoms with Crippen molar-refractivity contribution in [2.45, 2.75) is 81.6 Å². The highest BCUT2D eigenvalue weighted by Crippen LogP contribution is 2.64. The minimum Gasteiger partial charge on any atom is -0.510 e. The molecule has 0 saturated heterocycles. The maximum absolute atomic E-state index is 14.0. The summed E-state index contributed by atoms with van der Waals surface area (Å²) in [7, 11) is 0. The number of carbonyl (C=O) groups excluding carboxylic acids is 3. The predicted octanol–water partition coefficient (Wildman–Crippen LogP) is 5.93. The van der Waals surface area contributed by atoms with Gasteiger partial charge >= 0.3 is 0 Å². The lowest BCUT2D eigenvalue weighted by atomic mass is 9.41. The normalized spacial score (nSPS) is 30.4. The first kappa shape index (κ1) is 24.3. The second kappa shape index (κ2) is 7.94. The minimum absolute atomic E-state index is 0.0162. The number of aliphatic hydroxyl groups excluding tert-OH is 1. The second-order valence-electron chi connectivity index (χ2n) is 10.7. The summed E-state index contributed by atoms with van der Waals surface area (Å²) in [4.78, 5) is 40.7. The number of rotatable bonds is 6. The van der Waals surface area contributed by atoms with Crippen molar-refractivity contribution in [1.82, 2.24) is 0 Å². The molecule has 2 bridgehead atoms. The zero-order valence-corrected chi connectivity index (χ0v) is 20.1. The number of allylic oxidation sites excluding steroid dienone is 6. The Morgan fingerprint density at radius 3 is 2.07 bits per heavy atom. The molecule has 30 heavy (non-hydrogen) atoms. The van der Waals surface area contributed by atoms with Crippen LogP contribution >= 0.6 is 0 Å². The van der Waals surface area contributed by atoms with Gasteiger partial charge in [-0.3, -0.25) is 14.4 Å². The van der Waals surface area contributed by atoms with Gasteiger partial charge in [-0.15, -0.1) is 0 Å². The summed E-state index contributed by atoms with van der Waals surface area (Å²) in [5.41, 5.74) is -1.17. The van der Waals surface area contributed by atoms with Crippen LogP contribution in [0.3, 0.4) is 0 Å². The molecular weight excluding hydrogens is 376 g/mol. The summed E-state index contributed by atoms with van der Waals surface area (Å²) in [6.45, 7) is 17.0. The molecule has 3 atom stereocenters. The lowest BCUT2D eigenvalue weighted by molar-refractivity contribution is -0.169. The average Bonchev–Trinajstić information content (AvgIpc) is 2.63. The Bertz CT molecular complexity index is 859. The number of fused-ring (bicyclic) bond motifs is 2. The maximum atomic E-state index is 14.0. The fourth-order valence-corrected chi connectivity index (χ4v) is 5.07. The van der Waals surface area contributed by atoms with Crippen LogP contribution in [0.5, 0.6) is 0 Å². The van der Waals surface area contributed by atoms with Crippen molar-refractivity contribution in [2.24, 2.45) is 28.1 Å². The molecule has 0 amide bonds.